The molecule has 23 heavy (non-hydrogen) atoms. The second kappa shape index (κ2) is 6.25. The molecule has 3 rings (SSSR count). The molecule has 1 aromatic heterocycles. The number of aromatic nitrogens is 2. The number of hydrogen-bond acceptors (Lipinski definition) is 4. The van der Waals surface area contributed by atoms with Gasteiger partial charge in [-0.1, -0.05) is 12.1 Å². The van der Waals surface area contributed by atoms with Gasteiger partial charge in [-0.15, -0.1) is 0 Å². The molecule has 0 aliphatic carbocycles. The van der Waals surface area contributed by atoms with Gasteiger partial charge in [-0.3, -0.25) is 4.79 Å². The van der Waals surface area contributed by atoms with Crippen molar-refractivity contribution in [2.45, 2.75) is 6.92 Å². The van der Waals surface area contributed by atoms with Crippen LogP contribution in [0.4, 0.5) is 0 Å². The van der Waals surface area contributed by atoms with Crippen molar-refractivity contribution in [3.05, 3.63) is 67.1 Å². The van der Waals surface area contributed by atoms with E-state index < -0.39 is 0 Å². The molecule has 0 amide bonds. The molecule has 0 radical (unpaired) electrons. The molecule has 7 heteroatoms. The van der Waals surface area contributed by atoms with Crippen LogP contribution in [0, 0.1) is 6.92 Å². The molecule has 0 spiro atoms. The molecule has 0 aliphatic rings. The Morgan fingerprint density at radius 1 is 1.22 bits per heavy atom. The van der Waals surface area contributed by atoms with Crippen molar-refractivity contribution in [3.8, 4) is 5.75 Å². The quantitative estimate of drug-likeness (QED) is 0.621. The maximum Gasteiger partial charge on any atom is 0.282 e. The molecule has 0 aliphatic heterocycles. The average Bonchev–Trinajstić information content (AvgIpc) is 2.52. The van der Waals surface area contributed by atoms with Gasteiger partial charge >= 0.3 is 0 Å². The Kier molecular flexibility index (Phi) is 4.32. The summed E-state index contributed by atoms with van der Waals surface area (Å²) in [5.74, 6) is 0.615. The van der Waals surface area contributed by atoms with Crippen LogP contribution in [0.25, 0.3) is 10.9 Å². The van der Waals surface area contributed by atoms with Crippen molar-refractivity contribution in [2.24, 2.45) is 5.10 Å². The molecule has 3 aromatic rings. The van der Waals surface area contributed by atoms with E-state index in [0.29, 0.717) is 25.7 Å². The minimum absolute atomic E-state index is 0.114. The summed E-state index contributed by atoms with van der Waals surface area (Å²) in [5.41, 5.74) is 1.15. The zero-order valence-electron chi connectivity index (χ0n) is 12.0. The molecular formula is C16H11Br2N3O2. The fourth-order valence-electron chi connectivity index (χ4n) is 2.15. The summed E-state index contributed by atoms with van der Waals surface area (Å²) in [6.07, 6.45) is 1.54. The number of aromatic hydroxyl groups is 1. The number of para-hydroxylation sites is 1. The van der Waals surface area contributed by atoms with Gasteiger partial charge in [0.25, 0.3) is 5.56 Å². The number of phenols is 1. The minimum Gasteiger partial charge on any atom is -0.506 e. The summed E-state index contributed by atoms with van der Waals surface area (Å²) in [6, 6.07) is 10.6. The van der Waals surface area contributed by atoms with Gasteiger partial charge in [0, 0.05) is 0 Å². The van der Waals surface area contributed by atoms with Crippen LogP contribution in [0.2, 0.25) is 0 Å². The molecular weight excluding hydrogens is 426 g/mol. The fraction of sp³-hybridized carbons (Fsp3) is 0.0625. The summed E-state index contributed by atoms with van der Waals surface area (Å²) in [4.78, 5) is 16.9. The highest BCUT2D eigenvalue weighted by molar-refractivity contribution is 9.11. The predicted molar refractivity (Wildman–Crippen MR) is 97.2 cm³/mol. The lowest BCUT2D eigenvalue weighted by atomic mass is 10.2. The van der Waals surface area contributed by atoms with Crippen LogP contribution in [0.1, 0.15) is 11.4 Å². The number of benzene rings is 2. The van der Waals surface area contributed by atoms with Crippen LogP contribution >= 0.6 is 31.9 Å². The number of rotatable bonds is 2. The van der Waals surface area contributed by atoms with Crippen LogP contribution in [0.5, 0.6) is 5.75 Å². The second-order valence-corrected chi connectivity index (χ2v) is 6.58. The molecule has 0 fully saturated rings. The van der Waals surface area contributed by atoms with Gasteiger partial charge in [-0.25, -0.2) is 4.98 Å². The van der Waals surface area contributed by atoms with Gasteiger partial charge in [0.15, 0.2) is 0 Å². The summed E-state index contributed by atoms with van der Waals surface area (Å²) < 4.78 is 2.33. The Morgan fingerprint density at radius 2 is 1.87 bits per heavy atom. The van der Waals surface area contributed by atoms with E-state index in [1.54, 1.807) is 43.5 Å². The monoisotopic (exact) mass is 435 g/mol. The number of halogens is 2. The van der Waals surface area contributed by atoms with E-state index in [2.05, 4.69) is 41.9 Å². The highest BCUT2D eigenvalue weighted by atomic mass is 79.9. The van der Waals surface area contributed by atoms with E-state index in [4.69, 9.17) is 0 Å². The Bertz CT molecular complexity index is 973. The topological polar surface area (TPSA) is 67.5 Å². The lowest BCUT2D eigenvalue weighted by Crippen LogP contribution is -2.20. The lowest BCUT2D eigenvalue weighted by molar-refractivity contribution is 0.468. The lowest BCUT2D eigenvalue weighted by Gasteiger charge is -2.06. The van der Waals surface area contributed by atoms with Crippen LogP contribution in [-0.4, -0.2) is 21.0 Å². The molecule has 0 bridgehead atoms. The highest BCUT2D eigenvalue weighted by Gasteiger charge is 2.07. The van der Waals surface area contributed by atoms with Crippen molar-refractivity contribution >= 4 is 49.0 Å². The van der Waals surface area contributed by atoms with Gasteiger partial charge < -0.3 is 5.11 Å². The van der Waals surface area contributed by atoms with Crippen molar-refractivity contribution in [1.29, 1.82) is 0 Å². The van der Waals surface area contributed by atoms with E-state index in [0.717, 1.165) is 5.56 Å². The molecule has 1 N–H and O–H groups in total. The Balaban J connectivity index is 2.10. The molecule has 5 nitrogen and oxygen atoms in total. The normalized spacial score (nSPS) is 11.4. The summed E-state index contributed by atoms with van der Waals surface area (Å²) >= 11 is 6.52. The van der Waals surface area contributed by atoms with E-state index >= 15 is 0 Å². The van der Waals surface area contributed by atoms with Gasteiger partial charge in [0.1, 0.15) is 11.6 Å². The van der Waals surface area contributed by atoms with Gasteiger partial charge in [-0.05, 0) is 68.6 Å². The molecule has 0 unspecified atom stereocenters. The first-order chi connectivity index (χ1) is 11.0. The Labute approximate surface area is 148 Å². The molecule has 0 atom stereocenters. The number of aryl methyl sites for hydroxylation is 1. The summed E-state index contributed by atoms with van der Waals surface area (Å²) in [5, 5.41) is 14.5. The standard InChI is InChI=1S/C16H11Br2N3O2/c1-9-20-14-5-3-2-4-11(14)16(23)21(9)19-8-10-6-12(17)15(22)13(18)7-10/h2-8,22H,1H3. The van der Waals surface area contributed by atoms with Crippen LogP contribution in [-0.2, 0) is 0 Å². The third-order valence-corrected chi connectivity index (χ3v) is 4.49. The maximum absolute atomic E-state index is 12.5. The van der Waals surface area contributed by atoms with Crippen molar-refractivity contribution in [2.75, 3.05) is 0 Å². The Hall–Kier alpha value is -1.99. The minimum atomic E-state index is -0.221. The first-order valence-electron chi connectivity index (χ1n) is 6.68. The summed E-state index contributed by atoms with van der Waals surface area (Å²) in [6.45, 7) is 1.73. The molecule has 116 valence electrons. The number of hydrogen-bond donors (Lipinski definition) is 1. The van der Waals surface area contributed by atoms with Crippen LogP contribution in [0.3, 0.4) is 0 Å². The maximum atomic E-state index is 12.5. The van der Waals surface area contributed by atoms with E-state index in [-0.39, 0.29) is 11.3 Å². The van der Waals surface area contributed by atoms with Gasteiger partial charge in [-0.2, -0.15) is 9.78 Å². The Morgan fingerprint density at radius 3 is 2.57 bits per heavy atom. The first kappa shape index (κ1) is 15.9. The number of nitrogens with zero attached hydrogens (tertiary/aromatic N) is 3. The third-order valence-electron chi connectivity index (χ3n) is 3.28. The van der Waals surface area contributed by atoms with Crippen molar-refractivity contribution in [1.82, 2.24) is 9.66 Å². The highest BCUT2D eigenvalue weighted by Crippen LogP contribution is 2.32. The summed E-state index contributed by atoms with van der Waals surface area (Å²) in [7, 11) is 0. The van der Waals surface area contributed by atoms with E-state index in [9.17, 15) is 9.90 Å². The van der Waals surface area contributed by atoms with Crippen LogP contribution < -0.4 is 5.56 Å². The largest absolute Gasteiger partial charge is 0.506 e. The van der Waals surface area contributed by atoms with E-state index in [1.807, 2.05) is 6.07 Å². The van der Waals surface area contributed by atoms with E-state index in [1.165, 1.54) is 4.68 Å². The van der Waals surface area contributed by atoms with Crippen molar-refractivity contribution in [3.63, 3.8) is 0 Å². The molecule has 1 heterocycles. The van der Waals surface area contributed by atoms with Crippen molar-refractivity contribution < 1.29 is 5.11 Å². The van der Waals surface area contributed by atoms with Crippen LogP contribution in [0.15, 0.2) is 55.2 Å². The smallest absolute Gasteiger partial charge is 0.282 e. The zero-order chi connectivity index (χ0) is 16.6. The zero-order valence-corrected chi connectivity index (χ0v) is 15.2. The SMILES string of the molecule is Cc1nc2ccccc2c(=O)n1N=Cc1cc(Br)c(O)c(Br)c1. The average molecular weight is 437 g/mol. The third kappa shape index (κ3) is 3.07. The number of phenolic OH excluding ortho intramolecular Hbond substituents is 1. The molecule has 2 aromatic carbocycles. The predicted octanol–water partition coefficient (Wildman–Crippen LogP) is 3.82. The van der Waals surface area contributed by atoms with Gasteiger partial charge in [0.2, 0.25) is 0 Å². The second-order valence-electron chi connectivity index (χ2n) is 4.87. The fourth-order valence-corrected chi connectivity index (χ4v) is 3.38. The molecule has 0 saturated carbocycles. The van der Waals surface area contributed by atoms with Gasteiger partial charge in [0.05, 0.1) is 26.1 Å². The number of fused-ring (bicyclic) bond motifs is 1. The molecule has 0 saturated heterocycles. The first-order valence-corrected chi connectivity index (χ1v) is 8.27.